The number of esters is 1. The van der Waals surface area contributed by atoms with E-state index in [2.05, 4.69) is 11.6 Å². The van der Waals surface area contributed by atoms with Crippen LogP contribution in [0.15, 0.2) is 59.5 Å². The van der Waals surface area contributed by atoms with Gasteiger partial charge >= 0.3 is 5.97 Å². The van der Waals surface area contributed by atoms with Crippen LogP contribution in [0.5, 0.6) is 5.75 Å². The zero-order valence-electron chi connectivity index (χ0n) is 12.2. The summed E-state index contributed by atoms with van der Waals surface area (Å²) in [5.41, 5.74) is 3.22. The van der Waals surface area contributed by atoms with Crippen LogP contribution in [-0.2, 0) is 11.2 Å². The van der Waals surface area contributed by atoms with Crippen molar-refractivity contribution in [2.75, 3.05) is 0 Å². The van der Waals surface area contributed by atoms with Crippen LogP contribution in [0.3, 0.4) is 0 Å². The summed E-state index contributed by atoms with van der Waals surface area (Å²) in [4.78, 5) is 15.9. The summed E-state index contributed by atoms with van der Waals surface area (Å²) >= 11 is 0. The molecule has 0 aliphatic heterocycles. The zero-order valence-corrected chi connectivity index (χ0v) is 12.2. The number of para-hydroxylation sites is 2. The summed E-state index contributed by atoms with van der Waals surface area (Å²) in [5, 5.41) is 0. The third kappa shape index (κ3) is 2.63. The maximum Gasteiger partial charge on any atom is 0.335 e. The Balaban J connectivity index is 2.04. The fourth-order valence-electron chi connectivity index (χ4n) is 2.22. The first kappa shape index (κ1) is 14.1. The van der Waals surface area contributed by atoms with Gasteiger partial charge in [0.15, 0.2) is 5.58 Å². The third-order valence-corrected chi connectivity index (χ3v) is 3.37. The van der Waals surface area contributed by atoms with Crippen molar-refractivity contribution in [3.05, 3.63) is 60.7 Å². The molecular weight excluding hydrogens is 278 g/mol. The van der Waals surface area contributed by atoms with Gasteiger partial charge in [0.25, 0.3) is 0 Å². The number of benzene rings is 2. The van der Waals surface area contributed by atoms with E-state index in [1.54, 1.807) is 6.07 Å². The normalized spacial score (nSPS) is 10.6. The third-order valence-electron chi connectivity index (χ3n) is 3.37. The van der Waals surface area contributed by atoms with E-state index in [0.29, 0.717) is 11.6 Å². The highest BCUT2D eigenvalue weighted by molar-refractivity contribution is 5.84. The molecule has 3 rings (SSSR count). The molecule has 0 radical (unpaired) electrons. The second-order valence-electron chi connectivity index (χ2n) is 4.79. The molecule has 0 unspecified atom stereocenters. The van der Waals surface area contributed by atoms with Crippen molar-refractivity contribution in [3.63, 3.8) is 0 Å². The smallest absolute Gasteiger partial charge is 0.335 e. The predicted molar refractivity (Wildman–Crippen MR) is 84.7 cm³/mol. The fraction of sp³-hybridized carbons (Fsp3) is 0.111. The first-order valence-corrected chi connectivity index (χ1v) is 7.04. The summed E-state index contributed by atoms with van der Waals surface area (Å²) < 4.78 is 11.0. The number of carbonyl (C=O) groups excluding carboxylic acids is 1. The van der Waals surface area contributed by atoms with E-state index < -0.39 is 5.97 Å². The molecule has 0 spiro atoms. The Bertz CT molecular complexity index is 815. The van der Waals surface area contributed by atoms with Crippen LogP contribution < -0.4 is 4.74 Å². The second-order valence-corrected chi connectivity index (χ2v) is 4.79. The molecule has 0 saturated heterocycles. The van der Waals surface area contributed by atoms with Gasteiger partial charge in [-0.05, 0) is 36.2 Å². The van der Waals surface area contributed by atoms with Crippen LogP contribution >= 0.6 is 0 Å². The van der Waals surface area contributed by atoms with Gasteiger partial charge in [-0.25, -0.2) is 9.78 Å². The van der Waals surface area contributed by atoms with Gasteiger partial charge in [0.05, 0.1) is 0 Å². The molecule has 2 aromatic carbocycles. The molecule has 1 heterocycles. The molecule has 0 atom stereocenters. The largest absolute Gasteiger partial charge is 0.436 e. The molecular formula is C18H15NO3. The number of aryl methyl sites for hydroxylation is 1. The van der Waals surface area contributed by atoms with Gasteiger partial charge in [-0.2, -0.15) is 0 Å². The summed E-state index contributed by atoms with van der Waals surface area (Å²) in [7, 11) is 0. The van der Waals surface area contributed by atoms with Crippen LogP contribution in [0, 0.1) is 0 Å². The number of nitrogens with zero attached hydrogens (tertiary/aromatic N) is 1. The maximum atomic E-state index is 11.5. The van der Waals surface area contributed by atoms with Crippen LogP contribution in [0.25, 0.3) is 22.6 Å². The number of hydrogen-bond donors (Lipinski definition) is 0. The minimum atomic E-state index is -0.482. The number of ether oxygens (including phenoxy) is 1. The molecule has 4 heteroatoms. The lowest BCUT2D eigenvalue weighted by Crippen LogP contribution is -2.05. The second kappa shape index (κ2) is 5.85. The Morgan fingerprint density at radius 2 is 2.14 bits per heavy atom. The lowest BCUT2D eigenvalue weighted by Gasteiger charge is -2.08. The van der Waals surface area contributed by atoms with E-state index in [9.17, 15) is 4.79 Å². The Morgan fingerprint density at radius 3 is 2.86 bits per heavy atom. The Kier molecular flexibility index (Phi) is 3.74. The predicted octanol–water partition coefficient (Wildman–Crippen LogP) is 4.15. The van der Waals surface area contributed by atoms with Crippen molar-refractivity contribution >= 4 is 17.1 Å². The van der Waals surface area contributed by atoms with Gasteiger partial charge in [-0.1, -0.05) is 31.7 Å². The minimum Gasteiger partial charge on any atom is -0.436 e. The molecule has 0 amide bonds. The molecule has 0 aliphatic rings. The fourth-order valence-corrected chi connectivity index (χ4v) is 2.22. The molecule has 110 valence electrons. The molecule has 0 fully saturated rings. The van der Waals surface area contributed by atoms with Gasteiger partial charge < -0.3 is 9.15 Å². The summed E-state index contributed by atoms with van der Waals surface area (Å²) in [5.74, 6) is 0.524. The molecule has 22 heavy (non-hydrogen) atoms. The number of aromatic nitrogens is 1. The summed E-state index contributed by atoms with van der Waals surface area (Å²) in [6, 6.07) is 13.2. The lowest BCUT2D eigenvalue weighted by molar-refractivity contribution is -0.129. The van der Waals surface area contributed by atoms with E-state index in [0.717, 1.165) is 34.7 Å². The van der Waals surface area contributed by atoms with E-state index in [1.165, 1.54) is 0 Å². The summed E-state index contributed by atoms with van der Waals surface area (Å²) in [6.07, 6.45) is 1.90. The molecule has 3 aromatic rings. The average Bonchev–Trinajstić information content (AvgIpc) is 2.98. The first-order valence-electron chi connectivity index (χ1n) is 7.04. The number of fused-ring (bicyclic) bond motifs is 1. The van der Waals surface area contributed by atoms with Crippen molar-refractivity contribution in [1.29, 1.82) is 0 Å². The quantitative estimate of drug-likeness (QED) is 0.412. The molecule has 0 aliphatic carbocycles. The lowest BCUT2D eigenvalue weighted by atomic mass is 10.1. The van der Waals surface area contributed by atoms with Gasteiger partial charge in [0.2, 0.25) is 5.89 Å². The van der Waals surface area contributed by atoms with Gasteiger partial charge in [0, 0.05) is 11.6 Å². The van der Waals surface area contributed by atoms with E-state index in [-0.39, 0.29) is 0 Å². The standard InChI is InChI=1S/C18H15NO3/c1-3-12-9-10-13(11-16(12)21-17(20)4-2)18-19-14-7-5-6-8-15(14)22-18/h4-11H,2-3H2,1H3. The highest BCUT2D eigenvalue weighted by Gasteiger charge is 2.12. The molecule has 1 aromatic heterocycles. The van der Waals surface area contributed by atoms with Crippen molar-refractivity contribution in [1.82, 2.24) is 4.98 Å². The van der Waals surface area contributed by atoms with Crippen LogP contribution in [0.2, 0.25) is 0 Å². The average molecular weight is 293 g/mol. The zero-order chi connectivity index (χ0) is 15.5. The highest BCUT2D eigenvalue weighted by Crippen LogP contribution is 2.29. The van der Waals surface area contributed by atoms with Crippen molar-refractivity contribution in [3.8, 4) is 17.2 Å². The molecule has 4 nitrogen and oxygen atoms in total. The monoisotopic (exact) mass is 293 g/mol. The Morgan fingerprint density at radius 1 is 1.32 bits per heavy atom. The molecule has 0 N–H and O–H groups in total. The topological polar surface area (TPSA) is 52.3 Å². The maximum absolute atomic E-state index is 11.5. The Hall–Kier alpha value is -2.88. The van der Waals surface area contributed by atoms with Crippen molar-refractivity contribution < 1.29 is 13.9 Å². The highest BCUT2D eigenvalue weighted by atomic mass is 16.5. The summed E-state index contributed by atoms with van der Waals surface area (Å²) in [6.45, 7) is 5.42. The SMILES string of the molecule is C=CC(=O)Oc1cc(-c2nc3ccccc3o2)ccc1CC. The van der Waals surface area contributed by atoms with Gasteiger partial charge in [-0.15, -0.1) is 0 Å². The number of hydrogen-bond acceptors (Lipinski definition) is 4. The van der Waals surface area contributed by atoms with Gasteiger partial charge in [0.1, 0.15) is 11.3 Å². The first-order chi connectivity index (χ1) is 10.7. The van der Waals surface area contributed by atoms with E-state index in [4.69, 9.17) is 9.15 Å². The molecule has 0 saturated carbocycles. The minimum absolute atomic E-state index is 0.482. The van der Waals surface area contributed by atoms with E-state index in [1.807, 2.05) is 43.3 Å². The number of rotatable bonds is 4. The Labute approximate surface area is 128 Å². The van der Waals surface area contributed by atoms with E-state index >= 15 is 0 Å². The number of oxazole rings is 1. The van der Waals surface area contributed by atoms with Crippen LogP contribution in [0.4, 0.5) is 0 Å². The van der Waals surface area contributed by atoms with Crippen LogP contribution in [0.1, 0.15) is 12.5 Å². The van der Waals surface area contributed by atoms with Gasteiger partial charge in [-0.3, -0.25) is 0 Å². The molecule has 0 bridgehead atoms. The number of carbonyl (C=O) groups is 1. The van der Waals surface area contributed by atoms with Crippen LogP contribution in [-0.4, -0.2) is 11.0 Å². The van der Waals surface area contributed by atoms with Crippen molar-refractivity contribution in [2.24, 2.45) is 0 Å². The van der Waals surface area contributed by atoms with Crippen molar-refractivity contribution in [2.45, 2.75) is 13.3 Å².